The van der Waals surface area contributed by atoms with Gasteiger partial charge in [0.15, 0.2) is 5.40 Å². The summed E-state index contributed by atoms with van der Waals surface area (Å²) in [6, 6.07) is 0. The van der Waals surface area contributed by atoms with Gasteiger partial charge in [0.05, 0.1) is 48.5 Å². The first-order chi connectivity index (χ1) is 21.2. The van der Waals surface area contributed by atoms with E-state index in [9.17, 15) is 0 Å². The Morgan fingerprint density at radius 1 is 0.349 bits per heavy atom. The second kappa shape index (κ2) is 16.1. The molecule has 0 saturated heterocycles. The molecule has 246 valence electrons. The van der Waals surface area contributed by atoms with Crippen LogP contribution < -0.4 is 0 Å². The average Bonchev–Trinajstić information content (AvgIpc) is 3.08. The molecular weight excluding hydrogens is 554 g/mol. The first kappa shape index (κ1) is 33.5. The van der Waals surface area contributed by atoms with Gasteiger partial charge in [0.1, 0.15) is 0 Å². The maximum Gasteiger partial charge on any atom is 0.188 e. The first-order valence-electron chi connectivity index (χ1n) is 20.6. The van der Waals surface area contributed by atoms with E-state index in [1.807, 2.05) is 0 Å². The van der Waals surface area contributed by atoms with Crippen LogP contribution in [0, 0.1) is 0 Å². The van der Waals surface area contributed by atoms with Gasteiger partial charge in [0.25, 0.3) is 0 Å². The fraction of sp³-hybridized carbons (Fsp3) is 0.951. The third-order valence-corrected chi connectivity index (χ3v) is 29.9. The molecule has 6 aliphatic rings. The number of allylic oxidation sites excluding steroid dienone is 2. The van der Waals surface area contributed by atoms with Crippen molar-refractivity contribution in [3.8, 4) is 0 Å². The van der Waals surface area contributed by atoms with Crippen LogP contribution in [-0.4, -0.2) is 39.4 Å². The molecule has 0 aromatic heterocycles. The lowest BCUT2D eigenvalue weighted by molar-refractivity contribution is 0.441. The smallest absolute Gasteiger partial charge is 0.0727 e. The quantitative estimate of drug-likeness (QED) is 0.176. The van der Waals surface area contributed by atoms with Crippen LogP contribution in [-0.2, 0) is 0 Å². The first-order valence-corrected chi connectivity index (χ1v) is 24.7. The number of hydrogen-bond donors (Lipinski definition) is 0. The van der Waals surface area contributed by atoms with Gasteiger partial charge in [-0.05, 0) is 174 Å². The van der Waals surface area contributed by atoms with E-state index >= 15 is 0 Å². The van der Waals surface area contributed by atoms with Gasteiger partial charge in [-0.15, -0.1) is 0 Å². The van der Waals surface area contributed by atoms with Crippen LogP contribution in [0.5, 0.6) is 0 Å². The Hall–Kier alpha value is 0.600. The van der Waals surface area contributed by atoms with Gasteiger partial charge in [0, 0.05) is 0 Å². The highest BCUT2D eigenvalue weighted by Gasteiger charge is 2.74. The minimum absolute atomic E-state index is 1.08. The van der Waals surface area contributed by atoms with Crippen molar-refractivity contribution in [2.45, 2.75) is 246 Å². The lowest BCUT2D eigenvalue weighted by Crippen LogP contribution is -2.48. The van der Waals surface area contributed by atoms with Crippen LogP contribution in [0.25, 0.3) is 0 Å². The Kier molecular flexibility index (Phi) is 12.6. The summed E-state index contributed by atoms with van der Waals surface area (Å²) in [5.74, 6) is 0. The summed E-state index contributed by atoms with van der Waals surface area (Å²) >= 11 is 0. The molecule has 6 fully saturated rings. The molecule has 0 nitrogen and oxygen atoms in total. The summed E-state index contributed by atoms with van der Waals surface area (Å²) in [5, 5.41) is 1.08. The van der Waals surface area contributed by atoms with Gasteiger partial charge < -0.3 is 0 Å². The molecule has 0 unspecified atom stereocenters. The summed E-state index contributed by atoms with van der Waals surface area (Å²) in [7, 11) is -2.47. The molecule has 0 radical (unpaired) electrons. The third-order valence-electron chi connectivity index (χ3n) is 14.6. The molecule has 0 heterocycles. The SMILES string of the molecule is CC(C)=CC([P+](C1CCCCC1)(C1CCCCC1)C1CCCCC1)[P+](C1CCCCC1)(C1CCCCC1)C1CCCCC1. The second-order valence-corrected chi connectivity index (χ2v) is 26.7. The Labute approximate surface area is 271 Å². The Balaban J connectivity index is 1.62. The largest absolute Gasteiger partial charge is 0.188 e. The van der Waals surface area contributed by atoms with E-state index in [0.29, 0.717) is 0 Å². The van der Waals surface area contributed by atoms with Crippen LogP contribution in [0.3, 0.4) is 0 Å². The van der Waals surface area contributed by atoms with E-state index < -0.39 is 14.5 Å². The van der Waals surface area contributed by atoms with E-state index in [2.05, 4.69) is 19.9 Å². The lowest BCUT2D eigenvalue weighted by Gasteiger charge is -2.59. The Bertz CT molecular complexity index is 682. The van der Waals surface area contributed by atoms with E-state index in [0.717, 1.165) is 39.4 Å². The molecule has 0 aliphatic heterocycles. The lowest BCUT2D eigenvalue weighted by atomic mass is 9.98. The zero-order chi connectivity index (χ0) is 29.5. The van der Waals surface area contributed by atoms with Crippen molar-refractivity contribution in [3.05, 3.63) is 11.6 Å². The monoisotopic (exact) mass is 629 g/mol. The Morgan fingerprint density at radius 2 is 0.535 bits per heavy atom. The Morgan fingerprint density at radius 3 is 0.698 bits per heavy atom. The highest BCUT2D eigenvalue weighted by molar-refractivity contribution is 7.95. The highest BCUT2D eigenvalue weighted by Crippen LogP contribution is 2.94. The van der Waals surface area contributed by atoms with E-state index in [4.69, 9.17) is 0 Å². The minimum Gasteiger partial charge on any atom is -0.0727 e. The summed E-state index contributed by atoms with van der Waals surface area (Å²) < 4.78 is 0. The van der Waals surface area contributed by atoms with Crippen molar-refractivity contribution in [2.75, 3.05) is 0 Å². The van der Waals surface area contributed by atoms with E-state index in [-0.39, 0.29) is 0 Å². The standard InChI is InChI=1S/C41H74P2/c1-34(2)33-41(42(35-21-9-3-10-22-35,36-23-11-4-12-24-36)37-25-13-5-14-26-37)43(38-27-15-6-16-28-38,39-29-17-7-18-30-39)40-31-19-8-20-32-40/h33,35-41H,3-32H2,1-2H3/q+2. The van der Waals surface area contributed by atoms with Crippen LogP contribution in [0.2, 0.25) is 0 Å². The molecule has 0 amide bonds. The number of hydrogen-bond acceptors (Lipinski definition) is 0. The molecule has 6 rings (SSSR count). The predicted octanol–water partition coefficient (Wildman–Crippen LogP) is 14.3. The summed E-state index contributed by atoms with van der Waals surface area (Å²) in [5.41, 5.74) is 8.60. The highest BCUT2D eigenvalue weighted by atomic mass is 31.2. The van der Waals surface area contributed by atoms with Gasteiger partial charge in [-0.3, -0.25) is 0 Å². The van der Waals surface area contributed by atoms with Crippen molar-refractivity contribution in [2.24, 2.45) is 0 Å². The summed E-state index contributed by atoms with van der Waals surface area (Å²) in [4.78, 5) is 0. The average molecular weight is 629 g/mol. The molecule has 6 saturated carbocycles. The van der Waals surface area contributed by atoms with Crippen molar-refractivity contribution in [3.63, 3.8) is 0 Å². The molecule has 0 N–H and O–H groups in total. The second-order valence-electron chi connectivity index (χ2n) is 17.2. The van der Waals surface area contributed by atoms with Gasteiger partial charge in [0.2, 0.25) is 0 Å². The molecule has 43 heavy (non-hydrogen) atoms. The fourth-order valence-electron chi connectivity index (χ4n) is 13.2. The minimum atomic E-state index is -1.23. The van der Waals surface area contributed by atoms with Crippen molar-refractivity contribution >= 4 is 14.5 Å². The molecule has 0 spiro atoms. The number of rotatable bonds is 9. The fourth-order valence-corrected chi connectivity index (χ4v) is 34.2. The van der Waals surface area contributed by atoms with E-state index in [1.54, 1.807) is 198 Å². The normalized spacial score (nSPS) is 27.9. The van der Waals surface area contributed by atoms with Crippen LogP contribution in [0.15, 0.2) is 11.6 Å². The molecule has 0 aromatic rings. The van der Waals surface area contributed by atoms with Gasteiger partial charge >= 0.3 is 0 Å². The predicted molar refractivity (Wildman–Crippen MR) is 198 cm³/mol. The topological polar surface area (TPSA) is 0 Å². The summed E-state index contributed by atoms with van der Waals surface area (Å²) in [6.45, 7) is 5.17. The van der Waals surface area contributed by atoms with Crippen molar-refractivity contribution in [1.82, 2.24) is 0 Å². The van der Waals surface area contributed by atoms with Crippen LogP contribution in [0.1, 0.15) is 206 Å². The van der Waals surface area contributed by atoms with Gasteiger partial charge in [-0.25, -0.2) is 0 Å². The van der Waals surface area contributed by atoms with Gasteiger partial charge in [-0.2, -0.15) is 0 Å². The molecule has 2 heteroatoms. The summed E-state index contributed by atoms with van der Waals surface area (Å²) in [6.07, 6.45) is 51.2. The molecule has 0 atom stereocenters. The van der Waals surface area contributed by atoms with Gasteiger partial charge in [-0.1, -0.05) is 44.1 Å². The van der Waals surface area contributed by atoms with Crippen molar-refractivity contribution in [1.29, 1.82) is 0 Å². The van der Waals surface area contributed by atoms with Crippen molar-refractivity contribution < 1.29 is 0 Å². The maximum atomic E-state index is 3.23. The van der Waals surface area contributed by atoms with E-state index in [1.165, 1.54) is 0 Å². The molecule has 0 bridgehead atoms. The van der Waals surface area contributed by atoms with Crippen LogP contribution >= 0.6 is 14.5 Å². The zero-order valence-electron chi connectivity index (χ0n) is 29.2. The zero-order valence-corrected chi connectivity index (χ0v) is 31.0. The van der Waals surface area contributed by atoms with Crippen LogP contribution in [0.4, 0.5) is 0 Å². The molecule has 6 aliphatic carbocycles. The molecular formula is C41H74P2+2. The molecule has 0 aromatic carbocycles. The maximum absolute atomic E-state index is 3.23. The third kappa shape index (κ3) is 6.94.